The summed E-state index contributed by atoms with van der Waals surface area (Å²) in [6.45, 7) is 1.62. The summed E-state index contributed by atoms with van der Waals surface area (Å²) in [4.78, 5) is 12.2. The molecule has 0 radical (unpaired) electrons. The van der Waals surface area contributed by atoms with E-state index in [-0.39, 0.29) is 6.73 Å². The number of nitrogens with zero attached hydrogens (tertiary/aromatic N) is 1. The fourth-order valence-electron chi connectivity index (χ4n) is 2.74. The molecule has 0 N–H and O–H groups in total. The van der Waals surface area contributed by atoms with E-state index in [0.717, 1.165) is 16.7 Å². The van der Waals surface area contributed by atoms with Gasteiger partial charge in [0.05, 0.1) is 30.9 Å². The summed E-state index contributed by atoms with van der Waals surface area (Å²) in [5, 5.41) is 1.41. The fraction of sp³-hybridized carbons (Fsp3) is 0.550. The van der Waals surface area contributed by atoms with Gasteiger partial charge >= 0.3 is 5.97 Å². The summed E-state index contributed by atoms with van der Waals surface area (Å²) in [6.07, 6.45) is 9.20. The van der Waals surface area contributed by atoms with Crippen molar-refractivity contribution in [2.24, 2.45) is 5.92 Å². The van der Waals surface area contributed by atoms with E-state index in [4.69, 9.17) is 25.8 Å². The van der Waals surface area contributed by atoms with E-state index < -0.39 is 16.0 Å². The maximum Gasteiger partial charge on any atom is 0.354 e. The van der Waals surface area contributed by atoms with Crippen LogP contribution in [0.4, 0.5) is 0 Å². The molecule has 0 saturated heterocycles. The van der Waals surface area contributed by atoms with Crippen molar-refractivity contribution < 1.29 is 19.0 Å². The molecule has 2 aromatic rings. The van der Waals surface area contributed by atoms with Gasteiger partial charge in [0.25, 0.3) is 0 Å². The van der Waals surface area contributed by atoms with Gasteiger partial charge in [0.2, 0.25) is 0 Å². The van der Waals surface area contributed by atoms with Crippen molar-refractivity contribution in [1.82, 2.24) is 4.57 Å². The number of hydrogen-bond acceptors (Lipinski definition) is 4. The Balaban J connectivity index is 1.86. The highest BCUT2D eigenvalue weighted by Crippen LogP contribution is 2.36. The standard InChI is InChI=1S/C20H28ClNO4S/c1-24-20(23)18-10-15-9-16(21)19(26-12-14-5-6-14)11-17(15)22(18)13-25-7-8-27(2,3)4/h9-11,14H,5-8,12-13H2,1-4H3. The van der Waals surface area contributed by atoms with E-state index in [1.807, 2.05) is 16.7 Å². The molecule has 150 valence electrons. The van der Waals surface area contributed by atoms with Crippen molar-refractivity contribution in [3.8, 4) is 5.75 Å². The number of esters is 1. The Labute approximate surface area is 167 Å². The highest BCUT2D eigenvalue weighted by atomic mass is 35.5. The molecule has 0 atom stereocenters. The second-order valence-corrected chi connectivity index (χ2v) is 12.9. The molecular weight excluding hydrogens is 386 g/mol. The number of halogens is 1. The summed E-state index contributed by atoms with van der Waals surface area (Å²) in [7, 11) is 0.756. The lowest BCUT2D eigenvalue weighted by atomic mass is 10.2. The van der Waals surface area contributed by atoms with E-state index in [0.29, 0.717) is 35.6 Å². The predicted octanol–water partition coefficient (Wildman–Crippen LogP) is 4.54. The van der Waals surface area contributed by atoms with Gasteiger partial charge in [-0.1, -0.05) is 11.6 Å². The number of ether oxygens (including phenoxy) is 3. The van der Waals surface area contributed by atoms with Gasteiger partial charge in [-0.05, 0) is 49.7 Å². The number of benzene rings is 1. The van der Waals surface area contributed by atoms with Crippen molar-refractivity contribution in [3.05, 3.63) is 28.9 Å². The summed E-state index contributed by atoms with van der Waals surface area (Å²) in [6, 6.07) is 5.52. The average molecular weight is 414 g/mol. The van der Waals surface area contributed by atoms with Crippen molar-refractivity contribution in [2.75, 3.05) is 44.8 Å². The van der Waals surface area contributed by atoms with E-state index in [1.165, 1.54) is 20.0 Å². The Hall–Kier alpha value is -1.37. The lowest BCUT2D eigenvalue weighted by Crippen LogP contribution is -2.14. The van der Waals surface area contributed by atoms with Gasteiger partial charge in [-0.15, -0.1) is 0 Å². The zero-order valence-corrected chi connectivity index (χ0v) is 18.0. The molecule has 1 aromatic heterocycles. The molecule has 0 amide bonds. The smallest absolute Gasteiger partial charge is 0.354 e. The van der Waals surface area contributed by atoms with Crippen molar-refractivity contribution >= 4 is 38.5 Å². The fourth-order valence-corrected chi connectivity index (χ4v) is 3.59. The van der Waals surface area contributed by atoms with Crippen molar-refractivity contribution in [3.63, 3.8) is 0 Å². The van der Waals surface area contributed by atoms with Crippen LogP contribution in [0.25, 0.3) is 10.9 Å². The van der Waals surface area contributed by atoms with E-state index >= 15 is 0 Å². The molecule has 0 spiro atoms. The number of hydrogen-bond donors (Lipinski definition) is 0. The minimum absolute atomic E-state index is 0.285. The normalized spacial score (nSPS) is 15.1. The van der Waals surface area contributed by atoms with Crippen LogP contribution in [0.2, 0.25) is 5.02 Å². The minimum Gasteiger partial charge on any atom is -0.492 e. The summed E-state index contributed by atoms with van der Waals surface area (Å²) >= 11 is 6.38. The zero-order chi connectivity index (χ0) is 19.6. The van der Waals surface area contributed by atoms with Gasteiger partial charge in [-0.3, -0.25) is 0 Å². The molecule has 7 heteroatoms. The van der Waals surface area contributed by atoms with Gasteiger partial charge in [0, 0.05) is 17.2 Å². The van der Waals surface area contributed by atoms with Gasteiger partial charge in [-0.25, -0.2) is 14.8 Å². The minimum atomic E-state index is -0.624. The molecule has 5 nitrogen and oxygen atoms in total. The Morgan fingerprint density at radius 3 is 2.63 bits per heavy atom. The molecule has 0 unspecified atom stereocenters. The van der Waals surface area contributed by atoms with Crippen LogP contribution in [-0.4, -0.2) is 55.4 Å². The molecule has 1 aliphatic rings. The van der Waals surface area contributed by atoms with Gasteiger partial charge in [-0.2, -0.15) is 0 Å². The maximum absolute atomic E-state index is 12.2. The topological polar surface area (TPSA) is 49.7 Å². The van der Waals surface area contributed by atoms with Crippen LogP contribution in [-0.2, 0) is 16.2 Å². The first-order valence-electron chi connectivity index (χ1n) is 9.06. The average Bonchev–Trinajstić information content (AvgIpc) is 3.37. The third-order valence-corrected chi connectivity index (χ3v) is 6.27. The van der Waals surface area contributed by atoms with Crippen LogP contribution in [0, 0.1) is 5.92 Å². The molecule has 1 fully saturated rings. The SMILES string of the molecule is COC(=O)c1cc2cc(Cl)c(OCC3CC3)cc2n1COCCS(C)(C)C. The van der Waals surface area contributed by atoms with Crippen molar-refractivity contribution in [2.45, 2.75) is 19.6 Å². The van der Waals surface area contributed by atoms with Gasteiger partial charge in [0.15, 0.2) is 0 Å². The second kappa shape index (κ2) is 8.33. The molecule has 0 aliphatic heterocycles. The largest absolute Gasteiger partial charge is 0.492 e. The van der Waals surface area contributed by atoms with Gasteiger partial charge < -0.3 is 18.8 Å². The number of methoxy groups -OCH3 is 1. The quantitative estimate of drug-likeness (QED) is 0.447. The summed E-state index contributed by atoms with van der Waals surface area (Å²) < 4.78 is 18.5. The monoisotopic (exact) mass is 413 g/mol. The first kappa shape index (κ1) is 20.4. The number of carbonyl (C=O) groups excluding carboxylic acids is 1. The Kier molecular flexibility index (Phi) is 6.28. The molecule has 0 bridgehead atoms. The molecule has 3 rings (SSSR count). The van der Waals surface area contributed by atoms with E-state index in [9.17, 15) is 4.79 Å². The summed E-state index contributed by atoms with van der Waals surface area (Å²) in [5.74, 6) is 1.90. The Bertz CT molecular complexity index is 823. The molecule has 1 heterocycles. The number of carbonyl (C=O) groups is 1. The third-order valence-electron chi connectivity index (χ3n) is 4.58. The van der Waals surface area contributed by atoms with Crippen molar-refractivity contribution in [1.29, 1.82) is 0 Å². The first-order chi connectivity index (χ1) is 12.8. The number of aromatic nitrogens is 1. The second-order valence-electron chi connectivity index (χ2n) is 7.88. The number of fused-ring (bicyclic) bond motifs is 1. The summed E-state index contributed by atoms with van der Waals surface area (Å²) in [5.41, 5.74) is 1.31. The predicted molar refractivity (Wildman–Crippen MR) is 113 cm³/mol. The molecule has 1 aromatic carbocycles. The van der Waals surface area contributed by atoms with Gasteiger partial charge in [0.1, 0.15) is 18.2 Å². The van der Waals surface area contributed by atoms with E-state index in [2.05, 4.69) is 18.8 Å². The number of rotatable bonds is 9. The Morgan fingerprint density at radius 1 is 1.26 bits per heavy atom. The van der Waals surface area contributed by atoms with Crippen LogP contribution in [0.3, 0.4) is 0 Å². The van der Waals surface area contributed by atoms with E-state index in [1.54, 1.807) is 6.07 Å². The van der Waals surface area contributed by atoms with Crippen LogP contribution in [0.15, 0.2) is 18.2 Å². The molecular formula is C20H28ClNO4S. The highest BCUT2D eigenvalue weighted by molar-refractivity contribution is 8.32. The zero-order valence-electron chi connectivity index (χ0n) is 16.4. The molecule has 27 heavy (non-hydrogen) atoms. The first-order valence-corrected chi connectivity index (χ1v) is 12.5. The van der Waals surface area contributed by atoms with Crippen LogP contribution in [0.1, 0.15) is 23.3 Å². The lowest BCUT2D eigenvalue weighted by Gasteiger charge is -2.24. The van der Waals surface area contributed by atoms with Crippen LogP contribution < -0.4 is 4.74 Å². The maximum atomic E-state index is 12.2. The Morgan fingerprint density at radius 2 is 2.00 bits per heavy atom. The third kappa shape index (κ3) is 5.33. The molecule has 1 saturated carbocycles. The lowest BCUT2D eigenvalue weighted by molar-refractivity contribution is 0.0548. The van der Waals surface area contributed by atoms with Crippen LogP contribution >= 0.6 is 21.6 Å². The van der Waals surface area contributed by atoms with Crippen LogP contribution in [0.5, 0.6) is 5.75 Å². The highest BCUT2D eigenvalue weighted by Gasteiger charge is 2.23. The molecule has 1 aliphatic carbocycles.